The second-order valence-corrected chi connectivity index (χ2v) is 7.48. The van der Waals surface area contributed by atoms with Crippen LogP contribution in [0.5, 0.6) is 0 Å². The summed E-state index contributed by atoms with van der Waals surface area (Å²) in [6.07, 6.45) is 2.63. The third kappa shape index (κ3) is 3.68. The summed E-state index contributed by atoms with van der Waals surface area (Å²) in [5.74, 6) is 0.201. The maximum absolute atomic E-state index is 12.9. The molecule has 1 unspecified atom stereocenters. The highest BCUT2D eigenvalue weighted by Crippen LogP contribution is 2.27. The van der Waals surface area contributed by atoms with E-state index in [2.05, 4.69) is 22.0 Å². The van der Waals surface area contributed by atoms with E-state index in [0.717, 1.165) is 29.4 Å². The van der Waals surface area contributed by atoms with Gasteiger partial charge in [0.05, 0.1) is 11.6 Å². The summed E-state index contributed by atoms with van der Waals surface area (Å²) in [5, 5.41) is 1.66. The van der Waals surface area contributed by atoms with Crippen molar-refractivity contribution in [2.24, 2.45) is 0 Å². The number of amides is 1. The topological polar surface area (TPSA) is 36.4 Å². The van der Waals surface area contributed by atoms with E-state index in [4.69, 9.17) is 11.6 Å². The van der Waals surface area contributed by atoms with Gasteiger partial charge in [-0.15, -0.1) is 0 Å². The second kappa shape index (κ2) is 7.67. The van der Waals surface area contributed by atoms with Gasteiger partial charge in [0.25, 0.3) is 0 Å². The third-order valence-electron chi connectivity index (χ3n) is 5.24. The normalized spacial score (nSPS) is 17.2. The Morgan fingerprint density at radius 2 is 1.96 bits per heavy atom. The molecule has 3 aromatic rings. The molecular weight excluding hydrogens is 358 g/mol. The summed E-state index contributed by atoms with van der Waals surface area (Å²) in [7, 11) is 2.01. The number of pyridine rings is 1. The van der Waals surface area contributed by atoms with Crippen molar-refractivity contribution in [3.63, 3.8) is 0 Å². The lowest BCUT2D eigenvalue weighted by Gasteiger charge is -2.24. The van der Waals surface area contributed by atoms with Gasteiger partial charge in [-0.25, -0.2) is 0 Å². The van der Waals surface area contributed by atoms with Crippen molar-refractivity contribution in [3.8, 4) is 0 Å². The number of likely N-dealkylation sites (N-methyl/N-ethyl adjacent to an activating group) is 1. The number of likely N-dealkylation sites (tertiary alicyclic amines) is 1. The van der Waals surface area contributed by atoms with Crippen LogP contribution in [0.2, 0.25) is 5.02 Å². The van der Waals surface area contributed by atoms with Gasteiger partial charge in [-0.1, -0.05) is 48.0 Å². The van der Waals surface area contributed by atoms with Crippen LogP contribution in [0.3, 0.4) is 0 Å². The van der Waals surface area contributed by atoms with Crippen molar-refractivity contribution in [1.29, 1.82) is 0 Å². The fourth-order valence-electron chi connectivity index (χ4n) is 3.80. The molecule has 1 aliphatic heterocycles. The van der Waals surface area contributed by atoms with Crippen LogP contribution in [0, 0.1) is 0 Å². The van der Waals surface area contributed by atoms with Gasteiger partial charge in [0, 0.05) is 36.2 Å². The standard InChI is InChI=1S/C22H22ClN3O/c1-25(15-17-9-10-19(23)18-8-5-12-24-21(17)18)20-11-13-26(22(20)27)14-16-6-3-2-4-7-16/h2-10,12,20H,11,13-15H2,1H3. The molecule has 27 heavy (non-hydrogen) atoms. The number of carbonyl (C=O) groups excluding carboxylic acids is 1. The maximum Gasteiger partial charge on any atom is 0.240 e. The van der Waals surface area contributed by atoms with E-state index in [1.165, 1.54) is 5.56 Å². The van der Waals surface area contributed by atoms with E-state index in [1.807, 2.05) is 54.4 Å². The van der Waals surface area contributed by atoms with E-state index in [1.54, 1.807) is 6.20 Å². The van der Waals surface area contributed by atoms with Gasteiger partial charge in [-0.2, -0.15) is 0 Å². The van der Waals surface area contributed by atoms with Crippen molar-refractivity contribution < 1.29 is 4.79 Å². The maximum atomic E-state index is 12.9. The average Bonchev–Trinajstić information content (AvgIpc) is 3.05. The molecule has 1 amide bonds. The van der Waals surface area contributed by atoms with Gasteiger partial charge in [0.15, 0.2) is 0 Å². The summed E-state index contributed by atoms with van der Waals surface area (Å²) in [5.41, 5.74) is 3.16. The van der Waals surface area contributed by atoms with E-state index >= 15 is 0 Å². The second-order valence-electron chi connectivity index (χ2n) is 7.07. The molecule has 1 aromatic heterocycles. The van der Waals surface area contributed by atoms with Crippen LogP contribution in [0.4, 0.5) is 0 Å². The molecule has 0 aliphatic carbocycles. The lowest BCUT2D eigenvalue weighted by molar-refractivity contribution is -0.132. The van der Waals surface area contributed by atoms with Crippen LogP contribution in [0.25, 0.3) is 10.9 Å². The number of carbonyl (C=O) groups is 1. The van der Waals surface area contributed by atoms with E-state index < -0.39 is 0 Å². The molecule has 0 radical (unpaired) electrons. The minimum atomic E-state index is -0.0943. The quantitative estimate of drug-likeness (QED) is 0.669. The number of hydrogen-bond donors (Lipinski definition) is 0. The van der Waals surface area contributed by atoms with Crippen molar-refractivity contribution in [3.05, 3.63) is 76.9 Å². The number of hydrogen-bond acceptors (Lipinski definition) is 3. The Labute approximate surface area is 164 Å². The minimum Gasteiger partial charge on any atom is -0.337 e. The van der Waals surface area contributed by atoms with Gasteiger partial charge < -0.3 is 4.90 Å². The summed E-state index contributed by atoms with van der Waals surface area (Å²) in [4.78, 5) is 21.5. The van der Waals surface area contributed by atoms with E-state index in [9.17, 15) is 4.79 Å². The number of aromatic nitrogens is 1. The smallest absolute Gasteiger partial charge is 0.240 e. The highest BCUT2D eigenvalue weighted by atomic mass is 35.5. The van der Waals surface area contributed by atoms with Gasteiger partial charge in [-0.3, -0.25) is 14.7 Å². The largest absolute Gasteiger partial charge is 0.337 e. The van der Waals surface area contributed by atoms with E-state index in [-0.39, 0.29) is 11.9 Å². The van der Waals surface area contributed by atoms with Gasteiger partial charge in [-0.05, 0) is 42.8 Å². The summed E-state index contributed by atoms with van der Waals surface area (Å²) in [6, 6.07) is 17.9. The average molecular weight is 380 g/mol. The van der Waals surface area contributed by atoms with Crippen LogP contribution in [0.15, 0.2) is 60.8 Å². The van der Waals surface area contributed by atoms with Crippen molar-refractivity contribution in [2.75, 3.05) is 13.6 Å². The highest BCUT2D eigenvalue weighted by Gasteiger charge is 2.34. The van der Waals surface area contributed by atoms with Gasteiger partial charge >= 0.3 is 0 Å². The zero-order valence-electron chi connectivity index (χ0n) is 15.3. The lowest BCUT2D eigenvalue weighted by atomic mass is 10.1. The number of fused-ring (bicyclic) bond motifs is 1. The van der Waals surface area contributed by atoms with E-state index in [0.29, 0.717) is 18.1 Å². The zero-order valence-corrected chi connectivity index (χ0v) is 16.1. The number of rotatable bonds is 5. The van der Waals surface area contributed by atoms with Crippen LogP contribution in [0.1, 0.15) is 17.5 Å². The number of benzene rings is 2. The first-order chi connectivity index (χ1) is 13.1. The van der Waals surface area contributed by atoms with Crippen LogP contribution in [-0.4, -0.2) is 40.3 Å². The molecule has 0 spiro atoms. The lowest BCUT2D eigenvalue weighted by Crippen LogP contribution is -2.39. The molecule has 2 aromatic carbocycles. The van der Waals surface area contributed by atoms with Crippen molar-refractivity contribution in [1.82, 2.24) is 14.8 Å². The summed E-state index contributed by atoms with van der Waals surface area (Å²) >= 11 is 6.30. The first kappa shape index (κ1) is 18.0. The van der Waals surface area contributed by atoms with Crippen LogP contribution < -0.4 is 0 Å². The Morgan fingerprint density at radius 3 is 2.78 bits per heavy atom. The molecule has 0 saturated carbocycles. The molecule has 0 N–H and O–H groups in total. The minimum absolute atomic E-state index is 0.0943. The molecular formula is C22H22ClN3O. The van der Waals surface area contributed by atoms with Gasteiger partial charge in [0.1, 0.15) is 0 Å². The van der Waals surface area contributed by atoms with Crippen LogP contribution >= 0.6 is 11.6 Å². The molecule has 2 heterocycles. The Morgan fingerprint density at radius 1 is 1.15 bits per heavy atom. The molecule has 4 nitrogen and oxygen atoms in total. The zero-order chi connectivity index (χ0) is 18.8. The monoisotopic (exact) mass is 379 g/mol. The fraction of sp³-hybridized carbons (Fsp3) is 0.273. The Hall–Kier alpha value is -2.43. The predicted molar refractivity (Wildman–Crippen MR) is 108 cm³/mol. The molecule has 138 valence electrons. The highest BCUT2D eigenvalue weighted by molar-refractivity contribution is 6.35. The first-order valence-corrected chi connectivity index (χ1v) is 9.56. The third-order valence-corrected chi connectivity index (χ3v) is 5.57. The summed E-state index contributed by atoms with van der Waals surface area (Å²) in [6.45, 7) is 2.14. The molecule has 4 rings (SSSR count). The number of nitrogens with zero attached hydrogens (tertiary/aromatic N) is 3. The Balaban J connectivity index is 1.49. The Bertz CT molecular complexity index is 960. The first-order valence-electron chi connectivity index (χ1n) is 9.18. The molecule has 5 heteroatoms. The van der Waals surface area contributed by atoms with Gasteiger partial charge in [0.2, 0.25) is 5.91 Å². The van der Waals surface area contributed by atoms with Crippen molar-refractivity contribution in [2.45, 2.75) is 25.6 Å². The summed E-state index contributed by atoms with van der Waals surface area (Å²) < 4.78 is 0. The molecule has 1 fully saturated rings. The fourth-order valence-corrected chi connectivity index (χ4v) is 4.01. The predicted octanol–water partition coefficient (Wildman–Crippen LogP) is 4.12. The SMILES string of the molecule is CN(Cc1ccc(Cl)c2cccnc12)C1CCN(Cc2ccccc2)C1=O. The molecule has 1 saturated heterocycles. The van der Waals surface area contributed by atoms with Crippen LogP contribution in [-0.2, 0) is 17.9 Å². The molecule has 1 aliphatic rings. The molecule has 0 bridgehead atoms. The number of halogens is 1. The van der Waals surface area contributed by atoms with Crippen molar-refractivity contribution >= 4 is 28.4 Å². The Kier molecular flexibility index (Phi) is 5.10. The molecule has 1 atom stereocenters.